The minimum absolute atomic E-state index is 0.108. The average Bonchev–Trinajstić information content (AvgIpc) is 3.53. The number of benzene rings is 1. The van der Waals surface area contributed by atoms with E-state index in [9.17, 15) is 10.4 Å². The molecule has 1 aromatic carbocycles. The Hall–Kier alpha value is -3.44. The lowest BCUT2D eigenvalue weighted by molar-refractivity contribution is 0.00100. The molecule has 1 unspecified atom stereocenters. The van der Waals surface area contributed by atoms with E-state index in [-0.39, 0.29) is 23.8 Å². The van der Waals surface area contributed by atoms with E-state index < -0.39 is 0 Å². The Morgan fingerprint density at radius 2 is 2.18 bits per heavy atom. The number of hydrogen-bond acceptors (Lipinski definition) is 8. The molecule has 0 radical (unpaired) electrons. The van der Waals surface area contributed by atoms with Gasteiger partial charge >= 0.3 is 0 Å². The number of nitrogens with zero attached hydrogens (tertiary/aromatic N) is 7. The van der Waals surface area contributed by atoms with Crippen LogP contribution in [0.15, 0.2) is 18.3 Å². The number of hydrogen-bond donors (Lipinski definition) is 3. The number of imidazole rings is 1. The number of nitrogens with one attached hydrogen (secondary N) is 2. The molecule has 10 nitrogen and oxygen atoms in total. The molecule has 1 saturated heterocycles. The Balaban J connectivity index is 1.45. The third-order valence-electron chi connectivity index (χ3n) is 6.20. The number of halogens is 1. The van der Waals surface area contributed by atoms with Crippen LogP contribution in [-0.4, -0.2) is 61.4 Å². The fourth-order valence-corrected chi connectivity index (χ4v) is 4.40. The van der Waals surface area contributed by atoms with E-state index in [0.717, 1.165) is 31.4 Å². The number of aliphatic hydroxyl groups is 1. The van der Waals surface area contributed by atoms with E-state index in [2.05, 4.69) is 48.4 Å². The third-order valence-corrected chi connectivity index (χ3v) is 6.62. The summed E-state index contributed by atoms with van der Waals surface area (Å²) in [6.45, 7) is 11.7. The number of anilines is 3. The molecule has 3 heterocycles. The van der Waals surface area contributed by atoms with Crippen LogP contribution in [0.25, 0.3) is 10.5 Å². The van der Waals surface area contributed by atoms with Gasteiger partial charge in [-0.3, -0.25) is 4.90 Å². The molecule has 2 fully saturated rings. The summed E-state index contributed by atoms with van der Waals surface area (Å²) < 4.78 is 1.46. The molecule has 1 atom stereocenters. The maximum absolute atomic E-state index is 9.61. The molecule has 1 saturated carbocycles. The monoisotopic (exact) mass is 477 g/mol. The van der Waals surface area contributed by atoms with Crippen LogP contribution in [0.1, 0.15) is 43.2 Å². The van der Waals surface area contributed by atoms with E-state index in [0.29, 0.717) is 46.9 Å². The van der Waals surface area contributed by atoms with Gasteiger partial charge in [0.1, 0.15) is 0 Å². The van der Waals surface area contributed by atoms with Gasteiger partial charge in [-0.2, -0.15) is 10.2 Å². The fraction of sp³-hybridized carbons (Fsp3) is 0.435. The van der Waals surface area contributed by atoms with Gasteiger partial charge in [0.2, 0.25) is 0 Å². The Kier molecular flexibility index (Phi) is 5.96. The van der Waals surface area contributed by atoms with Gasteiger partial charge in [-0.1, -0.05) is 30.2 Å². The first-order valence-electron chi connectivity index (χ1n) is 11.3. The number of aliphatic hydroxyl groups excluding tert-OH is 1. The first-order chi connectivity index (χ1) is 16.4. The van der Waals surface area contributed by atoms with Crippen molar-refractivity contribution in [2.24, 2.45) is 0 Å². The number of aromatic nitrogens is 4. The van der Waals surface area contributed by atoms with Crippen LogP contribution in [0.5, 0.6) is 0 Å². The van der Waals surface area contributed by atoms with Gasteiger partial charge < -0.3 is 20.6 Å². The van der Waals surface area contributed by atoms with Crippen molar-refractivity contribution in [3.8, 4) is 6.07 Å². The third kappa shape index (κ3) is 4.48. The Morgan fingerprint density at radius 1 is 1.38 bits per heavy atom. The van der Waals surface area contributed by atoms with Gasteiger partial charge in [-0.25, -0.2) is 4.98 Å². The Morgan fingerprint density at radius 3 is 2.85 bits per heavy atom. The van der Waals surface area contributed by atoms with Crippen molar-refractivity contribution in [3.63, 3.8) is 0 Å². The summed E-state index contributed by atoms with van der Waals surface area (Å²) in [7, 11) is 0. The molecule has 34 heavy (non-hydrogen) atoms. The molecule has 5 rings (SSSR count). The summed E-state index contributed by atoms with van der Waals surface area (Å²) in [4.78, 5) is 14.6. The van der Waals surface area contributed by atoms with E-state index in [4.69, 9.17) is 18.2 Å². The van der Waals surface area contributed by atoms with Crippen LogP contribution in [-0.2, 0) is 0 Å². The van der Waals surface area contributed by atoms with Crippen molar-refractivity contribution in [2.75, 3.05) is 30.3 Å². The minimum atomic E-state index is -0.230. The Labute approximate surface area is 202 Å². The van der Waals surface area contributed by atoms with Crippen LogP contribution in [0, 0.1) is 17.9 Å². The summed E-state index contributed by atoms with van der Waals surface area (Å²) in [5.41, 5.74) is 2.37. The van der Waals surface area contributed by atoms with Gasteiger partial charge in [0.25, 0.3) is 17.4 Å². The molecule has 11 heteroatoms. The lowest BCUT2D eigenvalue weighted by Gasteiger charge is -2.36. The molecule has 0 amide bonds. The molecule has 3 N–H and O–H groups in total. The zero-order valence-corrected chi connectivity index (χ0v) is 19.4. The van der Waals surface area contributed by atoms with E-state index in [1.807, 2.05) is 6.07 Å². The van der Waals surface area contributed by atoms with Crippen LogP contribution in [0.4, 0.5) is 23.3 Å². The topological polar surface area (TPSA) is 119 Å². The molecule has 174 valence electrons. The van der Waals surface area contributed by atoms with Crippen molar-refractivity contribution in [3.05, 3.63) is 45.9 Å². The fourth-order valence-electron chi connectivity index (χ4n) is 4.06. The summed E-state index contributed by atoms with van der Waals surface area (Å²) in [6, 6.07) is 6.04. The second-order valence-electron chi connectivity index (χ2n) is 8.93. The second kappa shape index (κ2) is 9.07. The maximum atomic E-state index is 9.61. The summed E-state index contributed by atoms with van der Waals surface area (Å²) >= 11 is 6.79. The molecular weight excluding hydrogens is 454 g/mol. The van der Waals surface area contributed by atoms with E-state index in [1.54, 1.807) is 6.07 Å². The highest BCUT2D eigenvalue weighted by Gasteiger charge is 2.27. The van der Waals surface area contributed by atoms with Crippen LogP contribution in [0.3, 0.4) is 0 Å². The largest absolute Gasteiger partial charge is 0.390 e. The summed E-state index contributed by atoms with van der Waals surface area (Å²) in [6.07, 6.45) is 4.21. The minimum Gasteiger partial charge on any atom is -0.390 e. The Bertz CT molecular complexity index is 1310. The number of likely N-dealkylation sites (tertiary alicyclic amines) is 1. The first kappa shape index (κ1) is 22.4. The summed E-state index contributed by atoms with van der Waals surface area (Å²) in [5.74, 6) is 1.19. The zero-order valence-electron chi connectivity index (χ0n) is 18.7. The molecular formula is C23H24ClN9O. The standard InChI is InChI=1S/C23H24ClN9O/c1-13(5-6-32-11-16(34)12-32)17-7-14(9-25)8-18(20(17)24)29-23-30-21(28-15-3-4-15)22-27-10-19(26-2)33(22)31-23/h7-8,10,13,15-16,34H,3-6,11-12H2,1H3,(H2,28,29,30,31). The number of rotatable bonds is 8. The van der Waals surface area contributed by atoms with Gasteiger partial charge in [0, 0.05) is 19.1 Å². The second-order valence-corrected chi connectivity index (χ2v) is 9.31. The molecule has 0 bridgehead atoms. The molecule has 1 aliphatic carbocycles. The SMILES string of the molecule is [C-]#[N+]c1cnc2c(NC3CC3)nc(Nc3cc(C#N)cc(C(C)CCN4CC(O)C4)c3Cl)nn12. The highest BCUT2D eigenvalue weighted by Crippen LogP contribution is 2.36. The van der Waals surface area contributed by atoms with E-state index >= 15 is 0 Å². The predicted octanol–water partition coefficient (Wildman–Crippen LogP) is 3.69. The van der Waals surface area contributed by atoms with Crippen molar-refractivity contribution in [1.82, 2.24) is 24.5 Å². The number of fused-ring (bicyclic) bond motifs is 1. The number of nitriles is 1. The first-order valence-corrected chi connectivity index (χ1v) is 11.6. The van der Waals surface area contributed by atoms with Crippen molar-refractivity contribution < 1.29 is 5.11 Å². The molecule has 2 aliphatic rings. The average molecular weight is 478 g/mol. The van der Waals surface area contributed by atoms with Crippen molar-refractivity contribution in [1.29, 1.82) is 5.26 Å². The molecule has 0 spiro atoms. The molecule has 3 aromatic rings. The van der Waals surface area contributed by atoms with Gasteiger partial charge in [-0.15, -0.1) is 4.52 Å². The lowest BCUT2D eigenvalue weighted by atomic mass is 9.94. The normalized spacial score (nSPS) is 17.1. The van der Waals surface area contributed by atoms with Crippen molar-refractivity contribution >= 4 is 40.5 Å². The molecule has 2 aromatic heterocycles. The quantitative estimate of drug-likeness (QED) is 0.420. The van der Waals surface area contributed by atoms with E-state index in [1.165, 1.54) is 10.7 Å². The van der Waals surface area contributed by atoms with Gasteiger partial charge in [0.05, 0.1) is 34.6 Å². The summed E-state index contributed by atoms with van der Waals surface area (Å²) in [5, 5.41) is 30.6. The zero-order chi connectivity index (χ0) is 23.8. The van der Waals surface area contributed by atoms with Crippen molar-refractivity contribution in [2.45, 2.75) is 44.2 Å². The highest BCUT2D eigenvalue weighted by molar-refractivity contribution is 6.34. The van der Waals surface area contributed by atoms with Crippen LogP contribution >= 0.6 is 11.6 Å². The maximum Gasteiger partial charge on any atom is 0.275 e. The predicted molar refractivity (Wildman–Crippen MR) is 129 cm³/mol. The van der Waals surface area contributed by atoms with Crippen LogP contribution < -0.4 is 10.6 Å². The van der Waals surface area contributed by atoms with Gasteiger partial charge in [-0.05, 0) is 49.4 Å². The van der Waals surface area contributed by atoms with Crippen LogP contribution in [0.2, 0.25) is 5.02 Å². The number of β-amino-alcohol motifs (C(OH)–C–C–N with tert-alkyl or cyclic N) is 1. The lowest BCUT2D eigenvalue weighted by Crippen LogP contribution is -2.50. The van der Waals surface area contributed by atoms with Gasteiger partial charge in [0.15, 0.2) is 5.82 Å². The molecule has 1 aliphatic heterocycles. The highest BCUT2D eigenvalue weighted by atomic mass is 35.5. The smallest absolute Gasteiger partial charge is 0.275 e.